The van der Waals surface area contributed by atoms with Gasteiger partial charge in [0.05, 0.1) is 12.2 Å². The molecule has 0 saturated heterocycles. The summed E-state index contributed by atoms with van der Waals surface area (Å²) in [5, 5.41) is 0. The molecule has 0 aromatic rings. The zero-order valence-electron chi connectivity index (χ0n) is 7.50. The van der Waals surface area contributed by atoms with E-state index in [1.807, 2.05) is 0 Å². The third kappa shape index (κ3) is 2.34. The minimum Gasteiger partial charge on any atom is -0.463 e. The summed E-state index contributed by atoms with van der Waals surface area (Å²) >= 11 is 0. The number of carbonyl (C=O) groups excluding carboxylic acids is 1. The highest BCUT2D eigenvalue weighted by molar-refractivity contribution is 5.82. The minimum atomic E-state index is -0.291. The molecule has 0 N–H and O–H groups in total. The number of carbonyl (C=O) groups is 1. The van der Waals surface area contributed by atoms with Crippen molar-refractivity contribution in [1.82, 2.24) is 0 Å². The molecule has 0 aromatic heterocycles. The quantitative estimate of drug-likeness (QED) is 0.471. The Hall–Kier alpha value is -0.830. The molecule has 1 aliphatic carbocycles. The highest BCUT2D eigenvalue weighted by Crippen LogP contribution is 2.40. The second kappa shape index (κ2) is 3.72. The molecule has 0 spiro atoms. The van der Waals surface area contributed by atoms with Crippen LogP contribution < -0.4 is 0 Å². The van der Waals surface area contributed by atoms with Gasteiger partial charge in [-0.3, -0.25) is 0 Å². The lowest BCUT2D eigenvalue weighted by molar-refractivity contribution is -0.137. The molecule has 3 nitrogen and oxygen atoms in total. The lowest BCUT2D eigenvalue weighted by Crippen LogP contribution is -2.08. The third-order valence-electron chi connectivity index (χ3n) is 1.96. The van der Waals surface area contributed by atoms with Crippen LogP contribution in [0.5, 0.6) is 0 Å². The summed E-state index contributed by atoms with van der Waals surface area (Å²) in [5.74, 6) is -0.291. The molecule has 0 heterocycles. The van der Waals surface area contributed by atoms with E-state index in [0.29, 0.717) is 6.61 Å². The van der Waals surface area contributed by atoms with Gasteiger partial charge in [-0.15, -0.1) is 0 Å². The van der Waals surface area contributed by atoms with Crippen LogP contribution >= 0.6 is 0 Å². The molecule has 0 aromatic carbocycles. The maximum absolute atomic E-state index is 10.9. The first-order valence-electron chi connectivity index (χ1n) is 4.13. The first kappa shape index (κ1) is 9.26. The van der Waals surface area contributed by atoms with E-state index in [1.54, 1.807) is 20.1 Å². The Balaban J connectivity index is 2.34. The zero-order chi connectivity index (χ0) is 9.03. The highest BCUT2D eigenvalue weighted by atomic mass is 16.5. The van der Waals surface area contributed by atoms with E-state index in [2.05, 4.69) is 0 Å². The van der Waals surface area contributed by atoms with Crippen LogP contribution in [0.3, 0.4) is 0 Å². The Morgan fingerprint density at radius 1 is 1.58 bits per heavy atom. The van der Waals surface area contributed by atoms with Gasteiger partial charge in [-0.1, -0.05) is 0 Å². The highest BCUT2D eigenvalue weighted by Gasteiger charge is 2.40. The first-order valence-corrected chi connectivity index (χ1v) is 4.13. The summed E-state index contributed by atoms with van der Waals surface area (Å²) in [4.78, 5) is 10.9. The fourth-order valence-electron chi connectivity index (χ4n) is 0.972. The van der Waals surface area contributed by atoms with Crippen LogP contribution in [0.25, 0.3) is 0 Å². The van der Waals surface area contributed by atoms with Crippen LogP contribution in [0.1, 0.15) is 19.8 Å². The molecule has 0 bridgehead atoms. The van der Waals surface area contributed by atoms with Crippen molar-refractivity contribution in [3.8, 4) is 0 Å². The molecule has 12 heavy (non-hydrogen) atoms. The summed E-state index contributed by atoms with van der Waals surface area (Å²) in [6, 6.07) is 0. The molecule has 0 aliphatic heterocycles. The molecule has 3 heteroatoms. The molecular formula is C9H14O3. The number of hydrogen-bond acceptors (Lipinski definition) is 3. The minimum absolute atomic E-state index is 0.160. The van der Waals surface area contributed by atoms with Crippen molar-refractivity contribution in [3.63, 3.8) is 0 Å². The molecule has 0 amide bonds. The van der Waals surface area contributed by atoms with Gasteiger partial charge in [0, 0.05) is 13.2 Å². The third-order valence-corrected chi connectivity index (χ3v) is 1.96. The normalized spacial score (nSPS) is 19.5. The van der Waals surface area contributed by atoms with Gasteiger partial charge in [0.15, 0.2) is 0 Å². The van der Waals surface area contributed by atoms with E-state index in [1.165, 1.54) is 6.08 Å². The molecular weight excluding hydrogens is 156 g/mol. The lowest BCUT2D eigenvalue weighted by atomic mass is 10.3. The van der Waals surface area contributed by atoms with Gasteiger partial charge in [0.25, 0.3) is 0 Å². The van der Waals surface area contributed by atoms with Crippen LogP contribution in [0.2, 0.25) is 0 Å². The van der Waals surface area contributed by atoms with E-state index < -0.39 is 0 Å². The van der Waals surface area contributed by atoms with Crippen LogP contribution in [0.15, 0.2) is 12.2 Å². The number of rotatable bonds is 4. The van der Waals surface area contributed by atoms with Crippen LogP contribution in [-0.4, -0.2) is 25.3 Å². The van der Waals surface area contributed by atoms with Crippen molar-refractivity contribution in [2.24, 2.45) is 0 Å². The van der Waals surface area contributed by atoms with Crippen LogP contribution in [0, 0.1) is 0 Å². The van der Waals surface area contributed by atoms with E-state index >= 15 is 0 Å². The largest absolute Gasteiger partial charge is 0.463 e. The zero-order valence-corrected chi connectivity index (χ0v) is 7.50. The van der Waals surface area contributed by atoms with Gasteiger partial charge in [-0.2, -0.15) is 0 Å². The van der Waals surface area contributed by atoms with Gasteiger partial charge in [-0.05, 0) is 25.8 Å². The maximum Gasteiger partial charge on any atom is 0.330 e. The summed E-state index contributed by atoms with van der Waals surface area (Å²) in [7, 11) is 1.66. The summed E-state index contributed by atoms with van der Waals surface area (Å²) in [6.45, 7) is 2.21. The summed E-state index contributed by atoms with van der Waals surface area (Å²) < 4.78 is 9.91. The molecule has 0 atom stereocenters. The van der Waals surface area contributed by atoms with Gasteiger partial charge < -0.3 is 9.47 Å². The Morgan fingerprint density at radius 2 is 2.25 bits per heavy atom. The summed E-state index contributed by atoms with van der Waals surface area (Å²) in [6.07, 6.45) is 5.23. The fourth-order valence-corrected chi connectivity index (χ4v) is 0.972. The average Bonchev–Trinajstić information content (AvgIpc) is 2.82. The number of hydrogen-bond donors (Lipinski definition) is 0. The van der Waals surface area contributed by atoms with Crippen molar-refractivity contribution in [2.45, 2.75) is 25.4 Å². The van der Waals surface area contributed by atoms with E-state index in [0.717, 1.165) is 12.8 Å². The van der Waals surface area contributed by atoms with Gasteiger partial charge in [0.1, 0.15) is 0 Å². The van der Waals surface area contributed by atoms with E-state index in [4.69, 9.17) is 9.47 Å². The van der Waals surface area contributed by atoms with E-state index in [-0.39, 0.29) is 11.6 Å². The van der Waals surface area contributed by atoms with Crippen molar-refractivity contribution >= 4 is 5.97 Å². The number of ether oxygens (including phenoxy) is 2. The average molecular weight is 170 g/mol. The molecule has 68 valence electrons. The second-order valence-corrected chi connectivity index (χ2v) is 2.85. The van der Waals surface area contributed by atoms with Crippen LogP contribution in [0.4, 0.5) is 0 Å². The van der Waals surface area contributed by atoms with Crippen molar-refractivity contribution in [3.05, 3.63) is 12.2 Å². The van der Waals surface area contributed by atoms with Gasteiger partial charge in [0.2, 0.25) is 0 Å². The van der Waals surface area contributed by atoms with Gasteiger partial charge >= 0.3 is 5.97 Å². The van der Waals surface area contributed by atoms with E-state index in [9.17, 15) is 4.79 Å². The smallest absolute Gasteiger partial charge is 0.330 e. The Kier molecular flexibility index (Phi) is 2.87. The fraction of sp³-hybridized carbons (Fsp3) is 0.667. The predicted molar refractivity (Wildman–Crippen MR) is 44.7 cm³/mol. The SMILES string of the molecule is CCOC(=O)/C=C/C1(OC)CC1. The number of esters is 1. The maximum atomic E-state index is 10.9. The molecule has 0 unspecified atom stereocenters. The molecule has 1 rings (SSSR count). The molecule has 1 aliphatic rings. The Morgan fingerprint density at radius 3 is 2.67 bits per heavy atom. The monoisotopic (exact) mass is 170 g/mol. The lowest BCUT2D eigenvalue weighted by Gasteiger charge is -2.05. The Bertz CT molecular complexity index is 192. The van der Waals surface area contributed by atoms with Crippen molar-refractivity contribution < 1.29 is 14.3 Å². The summed E-state index contributed by atoms with van der Waals surface area (Å²) in [5.41, 5.74) is -0.160. The topological polar surface area (TPSA) is 35.5 Å². The molecule has 1 saturated carbocycles. The number of methoxy groups -OCH3 is 1. The Labute approximate surface area is 72.4 Å². The second-order valence-electron chi connectivity index (χ2n) is 2.85. The molecule has 0 radical (unpaired) electrons. The standard InChI is InChI=1S/C9H14O3/c1-3-12-8(10)4-5-9(11-2)6-7-9/h4-5H,3,6-7H2,1-2H3/b5-4+. The van der Waals surface area contributed by atoms with Gasteiger partial charge in [-0.25, -0.2) is 4.79 Å². The predicted octanol–water partition coefficient (Wildman–Crippen LogP) is 1.28. The van der Waals surface area contributed by atoms with Crippen molar-refractivity contribution in [2.75, 3.05) is 13.7 Å². The van der Waals surface area contributed by atoms with Crippen LogP contribution in [-0.2, 0) is 14.3 Å². The first-order chi connectivity index (χ1) is 5.72. The van der Waals surface area contributed by atoms with Crippen molar-refractivity contribution in [1.29, 1.82) is 0 Å². The molecule has 1 fully saturated rings.